The summed E-state index contributed by atoms with van der Waals surface area (Å²) in [6.07, 6.45) is -0.717. The second-order valence-electron chi connectivity index (χ2n) is 9.02. The van der Waals surface area contributed by atoms with Crippen molar-refractivity contribution in [3.05, 3.63) is 64.2 Å². The van der Waals surface area contributed by atoms with Gasteiger partial charge in [-0.1, -0.05) is 39.0 Å². The van der Waals surface area contributed by atoms with Crippen molar-refractivity contribution < 1.29 is 22.9 Å². The number of hydrogen-bond donors (Lipinski definition) is 0. The van der Waals surface area contributed by atoms with Crippen molar-refractivity contribution in [2.75, 3.05) is 26.2 Å². The lowest BCUT2D eigenvalue weighted by Crippen LogP contribution is -2.53. The molecular formula is C23H29N3O6S. The average molecular weight is 476 g/mol. The fourth-order valence-electron chi connectivity index (χ4n) is 3.60. The Morgan fingerprint density at radius 1 is 1.06 bits per heavy atom. The first-order chi connectivity index (χ1) is 15.4. The van der Waals surface area contributed by atoms with Crippen LogP contribution >= 0.6 is 0 Å². The third-order valence-corrected chi connectivity index (χ3v) is 7.49. The minimum atomic E-state index is -3.89. The normalized spacial score (nSPS) is 16.3. The van der Waals surface area contributed by atoms with E-state index in [9.17, 15) is 23.3 Å². The number of rotatable bonds is 6. The molecule has 1 amide bonds. The number of piperazine rings is 1. The van der Waals surface area contributed by atoms with E-state index in [-0.39, 0.29) is 48.1 Å². The van der Waals surface area contributed by atoms with Gasteiger partial charge in [0.05, 0.1) is 9.82 Å². The molecule has 0 radical (unpaired) electrons. The summed E-state index contributed by atoms with van der Waals surface area (Å²) in [6.45, 7) is 8.66. The number of sulfonamides is 1. The van der Waals surface area contributed by atoms with Crippen LogP contribution in [0.5, 0.6) is 5.75 Å². The lowest BCUT2D eigenvalue weighted by Gasteiger charge is -2.35. The Hall–Kier alpha value is -2.98. The van der Waals surface area contributed by atoms with E-state index in [0.717, 1.165) is 11.6 Å². The molecule has 2 aromatic rings. The molecule has 1 unspecified atom stereocenters. The van der Waals surface area contributed by atoms with Gasteiger partial charge in [-0.15, -0.1) is 0 Å². The number of nitro benzene ring substituents is 1. The van der Waals surface area contributed by atoms with Gasteiger partial charge >= 0.3 is 0 Å². The predicted molar refractivity (Wildman–Crippen MR) is 124 cm³/mol. The molecule has 1 heterocycles. The van der Waals surface area contributed by atoms with Gasteiger partial charge in [0.25, 0.3) is 11.6 Å². The minimum Gasteiger partial charge on any atom is -0.481 e. The Balaban J connectivity index is 1.60. The van der Waals surface area contributed by atoms with Gasteiger partial charge in [-0.25, -0.2) is 8.42 Å². The van der Waals surface area contributed by atoms with E-state index in [4.69, 9.17) is 4.74 Å². The van der Waals surface area contributed by atoms with E-state index in [2.05, 4.69) is 20.8 Å². The monoisotopic (exact) mass is 475 g/mol. The van der Waals surface area contributed by atoms with Gasteiger partial charge in [0, 0.05) is 38.3 Å². The summed E-state index contributed by atoms with van der Waals surface area (Å²) in [5.41, 5.74) is 0.895. The van der Waals surface area contributed by atoms with Crippen LogP contribution in [-0.4, -0.2) is 60.7 Å². The second-order valence-corrected chi connectivity index (χ2v) is 11.0. The van der Waals surface area contributed by atoms with E-state index in [1.165, 1.54) is 22.5 Å². The van der Waals surface area contributed by atoms with Crippen LogP contribution in [0.1, 0.15) is 33.3 Å². The van der Waals surface area contributed by atoms with Gasteiger partial charge in [0.1, 0.15) is 5.75 Å². The van der Waals surface area contributed by atoms with Gasteiger partial charge in [0.2, 0.25) is 10.0 Å². The molecule has 178 valence electrons. The molecule has 0 N–H and O–H groups in total. The standard InChI is InChI=1S/C23H29N3O6S/c1-17(32-20-10-8-18(9-11-20)23(2,3)4)22(27)24-12-14-25(15-13-24)33(30,31)21-7-5-6-19(16-21)26(28)29/h5-11,16-17H,12-15H2,1-4H3. The molecule has 10 heteroatoms. The van der Waals surface area contributed by atoms with Gasteiger partial charge < -0.3 is 9.64 Å². The van der Waals surface area contributed by atoms with Crippen molar-refractivity contribution in [2.24, 2.45) is 0 Å². The number of non-ortho nitro benzene ring substituents is 1. The zero-order valence-electron chi connectivity index (χ0n) is 19.2. The molecule has 1 atom stereocenters. The smallest absolute Gasteiger partial charge is 0.270 e. The van der Waals surface area contributed by atoms with Crippen molar-refractivity contribution >= 4 is 21.6 Å². The second kappa shape index (κ2) is 9.48. The van der Waals surface area contributed by atoms with Crippen LogP contribution in [0.25, 0.3) is 0 Å². The van der Waals surface area contributed by atoms with Crippen LogP contribution in [0.4, 0.5) is 5.69 Å². The summed E-state index contributed by atoms with van der Waals surface area (Å²) in [7, 11) is -3.89. The number of ether oxygens (including phenoxy) is 1. The number of nitrogens with zero attached hydrogens (tertiary/aromatic N) is 3. The Labute approximate surface area is 194 Å². The molecule has 33 heavy (non-hydrogen) atoms. The first kappa shape index (κ1) is 24.7. The highest BCUT2D eigenvalue weighted by Gasteiger charge is 2.32. The highest BCUT2D eigenvalue weighted by Crippen LogP contribution is 2.25. The Morgan fingerprint density at radius 2 is 1.67 bits per heavy atom. The molecule has 2 aromatic carbocycles. The summed E-state index contributed by atoms with van der Waals surface area (Å²) in [4.78, 5) is 24.6. The SMILES string of the molecule is CC(Oc1ccc(C(C)(C)C)cc1)C(=O)N1CCN(S(=O)(=O)c2cccc([N+](=O)[O-])c2)CC1. The first-order valence-electron chi connectivity index (χ1n) is 10.7. The summed E-state index contributed by atoms with van der Waals surface area (Å²) in [5, 5.41) is 11.0. The van der Waals surface area contributed by atoms with Crippen molar-refractivity contribution in [3.63, 3.8) is 0 Å². The van der Waals surface area contributed by atoms with Crippen LogP contribution in [-0.2, 0) is 20.2 Å². The zero-order chi connectivity index (χ0) is 24.4. The average Bonchev–Trinajstić information content (AvgIpc) is 2.78. The molecule has 1 aliphatic rings. The zero-order valence-corrected chi connectivity index (χ0v) is 20.0. The van der Waals surface area contributed by atoms with Crippen LogP contribution in [0.15, 0.2) is 53.4 Å². The number of benzene rings is 2. The molecule has 1 aliphatic heterocycles. The summed E-state index contributed by atoms with van der Waals surface area (Å²) in [5.74, 6) is 0.373. The summed E-state index contributed by atoms with van der Waals surface area (Å²) >= 11 is 0. The molecule has 3 rings (SSSR count). The molecule has 0 spiro atoms. The lowest BCUT2D eigenvalue weighted by atomic mass is 9.87. The van der Waals surface area contributed by atoms with E-state index in [1.54, 1.807) is 11.8 Å². The summed E-state index contributed by atoms with van der Waals surface area (Å²) in [6, 6.07) is 12.6. The van der Waals surface area contributed by atoms with Crippen molar-refractivity contribution in [1.29, 1.82) is 0 Å². The maximum atomic E-state index is 12.9. The van der Waals surface area contributed by atoms with Gasteiger partial charge in [0.15, 0.2) is 6.10 Å². The molecular weight excluding hydrogens is 446 g/mol. The van der Waals surface area contributed by atoms with Crippen LogP contribution < -0.4 is 4.74 Å². The fourth-order valence-corrected chi connectivity index (χ4v) is 5.06. The molecule has 9 nitrogen and oxygen atoms in total. The van der Waals surface area contributed by atoms with Gasteiger partial charge in [-0.05, 0) is 36.1 Å². The Bertz CT molecular complexity index is 1120. The van der Waals surface area contributed by atoms with E-state index in [1.807, 2.05) is 24.3 Å². The number of amides is 1. The Kier molecular flexibility index (Phi) is 7.08. The maximum Gasteiger partial charge on any atom is 0.270 e. The highest BCUT2D eigenvalue weighted by atomic mass is 32.2. The van der Waals surface area contributed by atoms with E-state index in [0.29, 0.717) is 5.75 Å². The molecule has 0 saturated carbocycles. The quantitative estimate of drug-likeness (QED) is 0.469. The molecule has 0 aromatic heterocycles. The fraction of sp³-hybridized carbons (Fsp3) is 0.435. The Morgan fingerprint density at radius 3 is 2.21 bits per heavy atom. The molecule has 1 saturated heterocycles. The minimum absolute atomic E-state index is 0.0185. The van der Waals surface area contributed by atoms with Crippen LogP contribution in [0, 0.1) is 10.1 Å². The van der Waals surface area contributed by atoms with E-state index < -0.39 is 21.1 Å². The third kappa shape index (κ3) is 5.69. The molecule has 0 aliphatic carbocycles. The number of carbonyl (C=O) groups is 1. The maximum absolute atomic E-state index is 12.9. The van der Waals surface area contributed by atoms with E-state index >= 15 is 0 Å². The third-order valence-electron chi connectivity index (χ3n) is 5.60. The van der Waals surface area contributed by atoms with Crippen molar-refractivity contribution in [2.45, 2.75) is 44.1 Å². The van der Waals surface area contributed by atoms with Crippen molar-refractivity contribution in [3.8, 4) is 5.75 Å². The number of nitro groups is 1. The first-order valence-corrected chi connectivity index (χ1v) is 12.1. The topological polar surface area (TPSA) is 110 Å². The summed E-state index contributed by atoms with van der Waals surface area (Å²) < 4.78 is 32.8. The lowest BCUT2D eigenvalue weighted by molar-refractivity contribution is -0.385. The number of carbonyl (C=O) groups excluding carboxylic acids is 1. The van der Waals surface area contributed by atoms with Gasteiger partial charge in [-0.3, -0.25) is 14.9 Å². The largest absolute Gasteiger partial charge is 0.481 e. The molecule has 0 bridgehead atoms. The van der Waals surface area contributed by atoms with Crippen LogP contribution in [0.2, 0.25) is 0 Å². The van der Waals surface area contributed by atoms with Gasteiger partial charge in [-0.2, -0.15) is 4.31 Å². The predicted octanol–water partition coefficient (Wildman–Crippen LogP) is 3.19. The van der Waals surface area contributed by atoms with Crippen molar-refractivity contribution in [1.82, 2.24) is 9.21 Å². The molecule has 1 fully saturated rings. The van der Waals surface area contributed by atoms with Crippen LogP contribution in [0.3, 0.4) is 0 Å². The highest BCUT2D eigenvalue weighted by molar-refractivity contribution is 7.89. The number of hydrogen-bond acceptors (Lipinski definition) is 6.